The smallest absolute Gasteiger partial charge is 0.871 e. The zero-order valence-corrected chi connectivity index (χ0v) is 11.9. The number of hydrogen-bond donors (Lipinski definition) is 2. The third-order valence-electron chi connectivity index (χ3n) is 1.34. The Balaban J connectivity index is 0.00000169. The number of nitrogen functional groups attached to an aromatic ring is 1. The minimum absolute atomic E-state index is 0. The number of benzene rings is 1. The van der Waals surface area contributed by atoms with E-state index in [0.717, 1.165) is 6.07 Å². The number of anilines is 1. The quantitative estimate of drug-likeness (QED) is 0.324. The average Bonchev–Trinajstić information content (AvgIpc) is 1.97. The van der Waals surface area contributed by atoms with Gasteiger partial charge < -0.3 is 10.8 Å². The van der Waals surface area contributed by atoms with Crippen LogP contribution in [0.2, 0.25) is 5.02 Å². The van der Waals surface area contributed by atoms with Gasteiger partial charge in [0.25, 0.3) is 10.1 Å². The third-order valence-corrected chi connectivity index (χ3v) is 2.57. The van der Waals surface area contributed by atoms with Gasteiger partial charge in [-0.1, -0.05) is 17.4 Å². The molecule has 0 saturated heterocycles. The van der Waals surface area contributed by atoms with Crippen LogP contribution >= 0.6 is 11.6 Å². The van der Waals surface area contributed by atoms with Crippen molar-refractivity contribution in [2.45, 2.75) is 4.90 Å². The van der Waals surface area contributed by atoms with Gasteiger partial charge in [-0.2, -0.15) is 8.42 Å². The molecule has 0 unspecified atom stereocenters. The van der Waals surface area contributed by atoms with Crippen molar-refractivity contribution >= 4 is 27.4 Å². The summed E-state index contributed by atoms with van der Waals surface area (Å²) in [5, 5.41) is 10.7. The second-order valence-electron chi connectivity index (χ2n) is 2.30. The van der Waals surface area contributed by atoms with Crippen molar-refractivity contribution in [3.05, 3.63) is 17.2 Å². The summed E-state index contributed by atoms with van der Waals surface area (Å²) in [6, 6.07) is 1.62. The SMILES string of the molecule is Nc1cc(S(=O)(=O)O)cc([O-])c1Cl.[K+]. The Hall–Kier alpha value is 0.656. The monoisotopic (exact) mass is 261 g/mol. The number of nitrogens with two attached hydrogens (primary N) is 1. The molecule has 1 rings (SSSR count). The minimum Gasteiger partial charge on any atom is -0.871 e. The van der Waals surface area contributed by atoms with Crippen LogP contribution in [-0.4, -0.2) is 13.0 Å². The molecule has 72 valence electrons. The molecular formula is C6H5ClKNO4S. The first-order valence-electron chi connectivity index (χ1n) is 3.06. The number of halogens is 1. The van der Waals surface area contributed by atoms with Crippen molar-refractivity contribution in [3.8, 4) is 5.75 Å². The van der Waals surface area contributed by atoms with Crippen LogP contribution in [-0.2, 0) is 10.1 Å². The van der Waals surface area contributed by atoms with Crippen molar-refractivity contribution in [2.75, 3.05) is 5.73 Å². The summed E-state index contributed by atoms with van der Waals surface area (Å²) in [7, 11) is -4.40. The largest absolute Gasteiger partial charge is 1.00 e. The van der Waals surface area contributed by atoms with Gasteiger partial charge in [0.05, 0.1) is 15.6 Å². The molecule has 0 amide bonds. The Bertz CT molecular complexity index is 424. The van der Waals surface area contributed by atoms with Gasteiger partial charge >= 0.3 is 51.4 Å². The van der Waals surface area contributed by atoms with E-state index in [1.54, 1.807) is 0 Å². The summed E-state index contributed by atoms with van der Waals surface area (Å²) >= 11 is 5.39. The van der Waals surface area contributed by atoms with Crippen molar-refractivity contribution in [1.82, 2.24) is 0 Å². The van der Waals surface area contributed by atoms with Crippen molar-refractivity contribution in [1.29, 1.82) is 0 Å². The fourth-order valence-electron chi connectivity index (χ4n) is 0.742. The van der Waals surface area contributed by atoms with Crippen LogP contribution in [0, 0.1) is 0 Å². The number of rotatable bonds is 1. The Morgan fingerprint density at radius 3 is 2.29 bits per heavy atom. The van der Waals surface area contributed by atoms with Crippen LogP contribution in [0.4, 0.5) is 5.69 Å². The van der Waals surface area contributed by atoms with Crippen molar-refractivity contribution in [2.24, 2.45) is 0 Å². The molecule has 0 aliphatic rings. The zero-order valence-electron chi connectivity index (χ0n) is 7.19. The first-order chi connectivity index (χ1) is 5.82. The molecular weight excluding hydrogens is 257 g/mol. The third kappa shape index (κ3) is 3.35. The van der Waals surface area contributed by atoms with Gasteiger partial charge in [0.2, 0.25) is 0 Å². The molecule has 5 nitrogen and oxygen atoms in total. The van der Waals surface area contributed by atoms with Gasteiger partial charge in [-0.25, -0.2) is 0 Å². The van der Waals surface area contributed by atoms with Gasteiger partial charge in [-0.15, -0.1) is 0 Å². The Morgan fingerprint density at radius 2 is 1.93 bits per heavy atom. The van der Waals surface area contributed by atoms with E-state index in [4.69, 9.17) is 21.9 Å². The maximum absolute atomic E-state index is 10.9. The summed E-state index contributed by atoms with van der Waals surface area (Å²) in [5.74, 6) is -0.741. The molecule has 0 atom stereocenters. The van der Waals surface area contributed by atoms with E-state index in [0.29, 0.717) is 6.07 Å². The van der Waals surface area contributed by atoms with Crippen LogP contribution in [0.15, 0.2) is 17.0 Å². The maximum Gasteiger partial charge on any atom is 1.00 e. The Labute approximate surface area is 128 Å². The summed E-state index contributed by atoms with van der Waals surface area (Å²) < 4.78 is 29.7. The first kappa shape index (κ1) is 14.7. The second kappa shape index (κ2) is 5.13. The normalized spacial score (nSPS) is 10.7. The number of hydrogen-bond acceptors (Lipinski definition) is 4. The van der Waals surface area contributed by atoms with E-state index in [9.17, 15) is 13.5 Å². The van der Waals surface area contributed by atoms with E-state index < -0.39 is 20.8 Å². The molecule has 0 heterocycles. The van der Waals surface area contributed by atoms with E-state index >= 15 is 0 Å². The van der Waals surface area contributed by atoms with Gasteiger partial charge in [-0.3, -0.25) is 4.55 Å². The van der Waals surface area contributed by atoms with Crippen LogP contribution < -0.4 is 62.2 Å². The standard InChI is InChI=1S/C6H6ClNO4S.K/c7-6-4(8)1-3(2-5(6)9)13(10,11)12;/h1-2,9H,8H2,(H,10,11,12);/q;+1/p-1. The minimum atomic E-state index is -4.40. The summed E-state index contributed by atoms with van der Waals surface area (Å²) in [6.07, 6.45) is 0. The summed E-state index contributed by atoms with van der Waals surface area (Å²) in [5.41, 5.74) is 5.03. The molecule has 0 fully saturated rings. The molecule has 8 heteroatoms. The van der Waals surface area contributed by atoms with Gasteiger partial charge in [0.15, 0.2) is 0 Å². The average molecular weight is 262 g/mol. The molecule has 0 aliphatic carbocycles. The van der Waals surface area contributed by atoms with E-state index in [-0.39, 0.29) is 62.1 Å². The maximum atomic E-state index is 10.9. The molecule has 0 aliphatic heterocycles. The zero-order chi connectivity index (χ0) is 10.2. The molecule has 1 aromatic rings. The van der Waals surface area contributed by atoms with Crippen LogP contribution in [0.3, 0.4) is 0 Å². The molecule has 0 radical (unpaired) electrons. The van der Waals surface area contributed by atoms with Gasteiger partial charge in [0.1, 0.15) is 0 Å². The Morgan fingerprint density at radius 1 is 1.43 bits per heavy atom. The molecule has 1 aromatic carbocycles. The van der Waals surface area contributed by atoms with Crippen LogP contribution in [0.1, 0.15) is 0 Å². The van der Waals surface area contributed by atoms with Crippen molar-refractivity contribution in [3.63, 3.8) is 0 Å². The second-order valence-corrected chi connectivity index (χ2v) is 4.10. The molecule has 3 N–H and O–H groups in total. The molecule has 14 heavy (non-hydrogen) atoms. The van der Waals surface area contributed by atoms with Gasteiger partial charge in [0, 0.05) is 0 Å². The fraction of sp³-hybridized carbons (Fsp3) is 0. The molecule has 0 aromatic heterocycles. The first-order valence-corrected chi connectivity index (χ1v) is 4.87. The molecule has 0 spiro atoms. The fourth-order valence-corrected chi connectivity index (χ4v) is 1.38. The topological polar surface area (TPSA) is 103 Å². The van der Waals surface area contributed by atoms with E-state index in [2.05, 4.69) is 0 Å². The van der Waals surface area contributed by atoms with E-state index in [1.165, 1.54) is 0 Å². The Kier molecular flexibility index (Phi) is 5.37. The van der Waals surface area contributed by atoms with Gasteiger partial charge in [-0.05, 0) is 12.1 Å². The summed E-state index contributed by atoms with van der Waals surface area (Å²) in [4.78, 5) is -0.556. The van der Waals surface area contributed by atoms with Crippen LogP contribution in [0.5, 0.6) is 5.75 Å². The summed E-state index contributed by atoms with van der Waals surface area (Å²) in [6.45, 7) is 0. The molecule has 0 saturated carbocycles. The van der Waals surface area contributed by atoms with Crippen molar-refractivity contribution < 1.29 is 69.5 Å². The van der Waals surface area contributed by atoms with Crippen LogP contribution in [0.25, 0.3) is 0 Å². The predicted octanol–water partition coefficient (Wildman–Crippen LogP) is -2.75. The van der Waals surface area contributed by atoms with E-state index in [1.807, 2.05) is 0 Å². The molecule has 0 bridgehead atoms. The predicted molar refractivity (Wildman–Crippen MR) is 45.1 cm³/mol.